The zero-order valence-corrected chi connectivity index (χ0v) is 19.2. The minimum Gasteiger partial charge on any atom is -0.393 e. The first-order chi connectivity index (χ1) is 13.6. The number of hydrogen-bond acceptors (Lipinski definition) is 4. The Balaban J connectivity index is 0.00000300. The van der Waals surface area contributed by atoms with Crippen molar-refractivity contribution in [3.63, 3.8) is 0 Å². The summed E-state index contributed by atoms with van der Waals surface area (Å²) in [6.07, 6.45) is 9.91. The molecule has 2 aliphatic carbocycles. The molecule has 0 spiro atoms. The summed E-state index contributed by atoms with van der Waals surface area (Å²) in [7, 11) is 0. The van der Waals surface area contributed by atoms with Crippen molar-refractivity contribution >= 4 is 35.6 Å². The second-order valence-corrected chi connectivity index (χ2v) is 8.12. The molecule has 1 aromatic carbocycles. The summed E-state index contributed by atoms with van der Waals surface area (Å²) in [4.78, 5) is 15.1. The summed E-state index contributed by atoms with van der Waals surface area (Å²) in [5.74, 6) is 1.51. The SMILES string of the molecule is I.O=[N+]([O-])c1ccc(CN=C(NCC2CCCCC2)NC2CCC(O)CC2)cc1. The highest BCUT2D eigenvalue weighted by molar-refractivity contribution is 14.0. The molecule has 0 bridgehead atoms. The lowest BCUT2D eigenvalue weighted by Gasteiger charge is -2.29. The third kappa shape index (κ3) is 8.08. The molecule has 0 atom stereocenters. The van der Waals surface area contributed by atoms with Crippen LogP contribution in [-0.4, -0.2) is 34.7 Å². The quantitative estimate of drug-likeness (QED) is 0.174. The van der Waals surface area contributed by atoms with Crippen LogP contribution in [0.5, 0.6) is 0 Å². The van der Waals surface area contributed by atoms with Crippen LogP contribution in [0, 0.1) is 16.0 Å². The number of nitrogens with zero attached hydrogens (tertiary/aromatic N) is 2. The number of benzene rings is 1. The molecule has 0 radical (unpaired) electrons. The lowest BCUT2D eigenvalue weighted by Crippen LogP contribution is -2.46. The number of aliphatic hydroxyl groups is 1. The first-order valence-corrected chi connectivity index (χ1v) is 10.6. The van der Waals surface area contributed by atoms with Crippen molar-refractivity contribution < 1.29 is 10.0 Å². The van der Waals surface area contributed by atoms with Crippen LogP contribution in [0.4, 0.5) is 5.69 Å². The molecule has 0 amide bonds. The number of aliphatic hydroxyl groups excluding tert-OH is 1. The lowest BCUT2D eigenvalue weighted by atomic mass is 9.89. The van der Waals surface area contributed by atoms with Gasteiger partial charge >= 0.3 is 0 Å². The molecule has 1 aromatic rings. The highest BCUT2D eigenvalue weighted by Gasteiger charge is 2.21. The van der Waals surface area contributed by atoms with Gasteiger partial charge < -0.3 is 15.7 Å². The number of halogens is 1. The van der Waals surface area contributed by atoms with E-state index >= 15 is 0 Å². The van der Waals surface area contributed by atoms with Crippen molar-refractivity contribution in [3.8, 4) is 0 Å². The van der Waals surface area contributed by atoms with Crippen LogP contribution in [-0.2, 0) is 6.54 Å². The number of nitrogens with one attached hydrogen (secondary N) is 2. The Kier molecular flexibility index (Phi) is 10.1. The molecule has 29 heavy (non-hydrogen) atoms. The Morgan fingerprint density at radius 1 is 1.07 bits per heavy atom. The van der Waals surface area contributed by atoms with Crippen molar-refractivity contribution in [2.45, 2.75) is 76.5 Å². The highest BCUT2D eigenvalue weighted by atomic mass is 127. The minimum absolute atomic E-state index is 0. The van der Waals surface area contributed by atoms with E-state index in [2.05, 4.69) is 10.6 Å². The zero-order valence-electron chi connectivity index (χ0n) is 16.9. The van der Waals surface area contributed by atoms with Crippen LogP contribution in [0.2, 0.25) is 0 Å². The molecular formula is C21H33IN4O3. The van der Waals surface area contributed by atoms with Crippen molar-refractivity contribution in [1.82, 2.24) is 10.6 Å². The molecule has 8 heteroatoms. The van der Waals surface area contributed by atoms with Gasteiger partial charge in [0.25, 0.3) is 5.69 Å². The van der Waals surface area contributed by atoms with Gasteiger partial charge in [-0.2, -0.15) is 0 Å². The average Bonchev–Trinajstić information content (AvgIpc) is 2.72. The molecule has 2 fully saturated rings. The average molecular weight is 516 g/mol. The van der Waals surface area contributed by atoms with Gasteiger partial charge in [-0.15, -0.1) is 24.0 Å². The first kappa shape index (κ1) is 23.9. The van der Waals surface area contributed by atoms with Crippen molar-refractivity contribution in [3.05, 3.63) is 39.9 Å². The predicted octanol–water partition coefficient (Wildman–Crippen LogP) is 4.13. The van der Waals surface area contributed by atoms with Gasteiger partial charge in [-0.3, -0.25) is 10.1 Å². The highest BCUT2D eigenvalue weighted by Crippen LogP contribution is 2.23. The molecule has 0 heterocycles. The third-order valence-electron chi connectivity index (χ3n) is 5.89. The fraction of sp³-hybridized carbons (Fsp3) is 0.667. The van der Waals surface area contributed by atoms with Gasteiger partial charge in [-0.05, 0) is 50.0 Å². The second kappa shape index (κ2) is 12.3. The summed E-state index contributed by atoms with van der Waals surface area (Å²) in [5, 5.41) is 27.6. The molecule has 7 nitrogen and oxygen atoms in total. The van der Waals surface area contributed by atoms with Crippen LogP contribution in [0.25, 0.3) is 0 Å². The number of hydrogen-bond donors (Lipinski definition) is 3. The van der Waals surface area contributed by atoms with Crippen molar-refractivity contribution in [2.24, 2.45) is 10.9 Å². The molecule has 0 saturated heterocycles. The number of nitro benzene ring substituents is 1. The van der Waals surface area contributed by atoms with E-state index in [0.29, 0.717) is 18.5 Å². The van der Waals surface area contributed by atoms with E-state index in [9.17, 15) is 15.2 Å². The normalized spacial score (nSPS) is 23.1. The maximum atomic E-state index is 10.8. The number of nitro groups is 1. The van der Waals surface area contributed by atoms with Gasteiger partial charge in [0.15, 0.2) is 5.96 Å². The molecule has 0 aromatic heterocycles. The Morgan fingerprint density at radius 3 is 2.34 bits per heavy atom. The van der Waals surface area contributed by atoms with Crippen LogP contribution in [0.15, 0.2) is 29.3 Å². The third-order valence-corrected chi connectivity index (χ3v) is 5.89. The first-order valence-electron chi connectivity index (χ1n) is 10.6. The van der Waals surface area contributed by atoms with Crippen LogP contribution in [0.3, 0.4) is 0 Å². The number of guanidine groups is 1. The smallest absolute Gasteiger partial charge is 0.269 e. The molecular weight excluding hydrogens is 483 g/mol. The van der Waals surface area contributed by atoms with Crippen molar-refractivity contribution in [1.29, 1.82) is 0 Å². The standard InChI is InChI=1S/C21H32N4O3.HI/c26-20-12-8-18(9-13-20)24-21(22-14-16-4-2-1-3-5-16)23-15-17-6-10-19(11-7-17)25(27)28;/h6-7,10-11,16,18,20,26H,1-5,8-9,12-15H2,(H2,22,23,24);1H. The topological polar surface area (TPSA) is 99.8 Å². The molecule has 0 unspecified atom stereocenters. The molecule has 0 aliphatic heterocycles. The van der Waals surface area contributed by atoms with E-state index in [-0.39, 0.29) is 40.7 Å². The summed E-state index contributed by atoms with van der Waals surface area (Å²) in [6.45, 7) is 1.41. The molecule has 3 rings (SSSR count). The van der Waals surface area contributed by atoms with Gasteiger partial charge in [0.05, 0.1) is 17.6 Å². The van der Waals surface area contributed by atoms with Crippen LogP contribution >= 0.6 is 24.0 Å². The monoisotopic (exact) mass is 516 g/mol. The number of non-ortho nitro benzene ring substituents is 1. The summed E-state index contributed by atoms with van der Waals surface area (Å²) in [5.41, 5.74) is 1.05. The van der Waals surface area contributed by atoms with E-state index in [1.807, 2.05) is 0 Å². The van der Waals surface area contributed by atoms with Crippen LogP contribution in [0.1, 0.15) is 63.4 Å². The summed E-state index contributed by atoms with van der Waals surface area (Å²) >= 11 is 0. The minimum atomic E-state index is -0.386. The largest absolute Gasteiger partial charge is 0.393 e. The number of rotatable bonds is 6. The Bertz CT molecular complexity index is 654. The van der Waals surface area contributed by atoms with Gasteiger partial charge in [0, 0.05) is 24.7 Å². The maximum absolute atomic E-state index is 10.8. The van der Waals surface area contributed by atoms with E-state index in [1.54, 1.807) is 12.1 Å². The fourth-order valence-electron chi connectivity index (χ4n) is 4.09. The Hall–Kier alpha value is -1.42. The van der Waals surface area contributed by atoms with Gasteiger partial charge in [-0.1, -0.05) is 31.4 Å². The van der Waals surface area contributed by atoms with E-state index < -0.39 is 0 Å². The molecule has 2 saturated carbocycles. The summed E-state index contributed by atoms with van der Waals surface area (Å²) < 4.78 is 0. The Labute approximate surface area is 189 Å². The Morgan fingerprint density at radius 2 is 1.72 bits per heavy atom. The fourth-order valence-corrected chi connectivity index (χ4v) is 4.09. The lowest BCUT2D eigenvalue weighted by molar-refractivity contribution is -0.384. The molecule has 2 aliphatic rings. The zero-order chi connectivity index (χ0) is 19.8. The second-order valence-electron chi connectivity index (χ2n) is 8.12. The maximum Gasteiger partial charge on any atom is 0.269 e. The van der Waals surface area contributed by atoms with E-state index in [4.69, 9.17) is 4.99 Å². The van der Waals surface area contributed by atoms with Gasteiger partial charge in [0.2, 0.25) is 0 Å². The molecule has 3 N–H and O–H groups in total. The van der Waals surface area contributed by atoms with Gasteiger partial charge in [0.1, 0.15) is 0 Å². The summed E-state index contributed by atoms with van der Waals surface area (Å²) in [6, 6.07) is 6.90. The van der Waals surface area contributed by atoms with Crippen LogP contribution < -0.4 is 10.6 Å². The number of aliphatic imine (C=N–C) groups is 1. The van der Waals surface area contributed by atoms with Crippen molar-refractivity contribution in [2.75, 3.05) is 6.54 Å². The van der Waals surface area contributed by atoms with E-state index in [0.717, 1.165) is 43.8 Å². The van der Waals surface area contributed by atoms with Gasteiger partial charge in [-0.25, -0.2) is 4.99 Å². The van der Waals surface area contributed by atoms with E-state index in [1.165, 1.54) is 44.2 Å². The molecule has 162 valence electrons. The predicted molar refractivity (Wildman–Crippen MR) is 126 cm³/mol.